The zero-order chi connectivity index (χ0) is 17.5. The summed E-state index contributed by atoms with van der Waals surface area (Å²) in [6.45, 7) is 2.40. The van der Waals surface area contributed by atoms with E-state index in [0.29, 0.717) is 32.6 Å². The second-order valence-electron chi connectivity index (χ2n) is 6.08. The van der Waals surface area contributed by atoms with Gasteiger partial charge in [0.05, 0.1) is 17.4 Å². The summed E-state index contributed by atoms with van der Waals surface area (Å²) in [5.74, 6) is 0.138. The average Bonchev–Trinajstić information content (AvgIpc) is 3.07. The molecule has 0 bridgehead atoms. The van der Waals surface area contributed by atoms with Crippen molar-refractivity contribution in [1.82, 2.24) is 14.5 Å². The average molecular weight is 409 g/mol. The highest BCUT2D eigenvalue weighted by atomic mass is 35.5. The van der Waals surface area contributed by atoms with E-state index in [1.807, 2.05) is 51.9 Å². The summed E-state index contributed by atoms with van der Waals surface area (Å²) in [4.78, 5) is 18.9. The molecular weight excluding hydrogens is 383 g/mol. The van der Waals surface area contributed by atoms with E-state index in [-0.39, 0.29) is 30.7 Å². The number of aromatic nitrogens is 2. The molecule has 0 unspecified atom stereocenters. The first kappa shape index (κ1) is 23.0. The number of benzene rings is 2. The Labute approximate surface area is 172 Å². The normalized spacial score (nSPS) is 10.1. The number of hydrogen-bond acceptors (Lipinski definition) is 3. The van der Waals surface area contributed by atoms with Gasteiger partial charge in [0.1, 0.15) is 0 Å². The maximum atomic E-state index is 12.6. The number of aryl methyl sites for hydroxylation is 1. The van der Waals surface area contributed by atoms with Crippen LogP contribution in [0.3, 0.4) is 0 Å². The molecule has 0 aliphatic carbocycles. The molecule has 27 heavy (non-hydrogen) atoms. The van der Waals surface area contributed by atoms with Crippen molar-refractivity contribution in [3.63, 3.8) is 0 Å². The van der Waals surface area contributed by atoms with E-state index in [4.69, 9.17) is 5.73 Å². The summed E-state index contributed by atoms with van der Waals surface area (Å²) in [6.07, 6.45) is 3.10. The second kappa shape index (κ2) is 11.6. The number of nitrogens with zero attached hydrogens (tertiary/aromatic N) is 3. The molecule has 2 N–H and O–H groups in total. The van der Waals surface area contributed by atoms with Crippen molar-refractivity contribution >= 4 is 41.8 Å². The number of amides is 1. The van der Waals surface area contributed by atoms with Gasteiger partial charge in [-0.15, -0.1) is 24.8 Å². The Hall–Kier alpha value is -2.08. The van der Waals surface area contributed by atoms with Gasteiger partial charge in [0, 0.05) is 32.6 Å². The third kappa shape index (κ3) is 6.24. The smallest absolute Gasteiger partial charge is 0.224 e. The monoisotopic (exact) mass is 408 g/mol. The van der Waals surface area contributed by atoms with Crippen LogP contribution >= 0.6 is 24.8 Å². The minimum atomic E-state index is 0. The van der Waals surface area contributed by atoms with Crippen molar-refractivity contribution in [3.8, 4) is 0 Å². The molecule has 3 rings (SSSR count). The van der Waals surface area contributed by atoms with Gasteiger partial charge < -0.3 is 15.2 Å². The summed E-state index contributed by atoms with van der Waals surface area (Å²) in [5, 5.41) is 0. The maximum Gasteiger partial charge on any atom is 0.224 e. The molecule has 5 nitrogen and oxygen atoms in total. The zero-order valence-electron chi connectivity index (χ0n) is 15.2. The maximum absolute atomic E-state index is 12.6. The summed E-state index contributed by atoms with van der Waals surface area (Å²) < 4.78 is 2.03. The highest BCUT2D eigenvalue weighted by Crippen LogP contribution is 2.12. The molecule has 146 valence electrons. The lowest BCUT2D eigenvalue weighted by Crippen LogP contribution is -2.37. The number of hydrogen-bond donors (Lipinski definition) is 1. The number of imidazole rings is 1. The van der Waals surface area contributed by atoms with Gasteiger partial charge in [-0.2, -0.15) is 0 Å². The summed E-state index contributed by atoms with van der Waals surface area (Å²) >= 11 is 0. The fourth-order valence-electron chi connectivity index (χ4n) is 2.99. The highest BCUT2D eigenvalue weighted by Gasteiger charge is 2.13. The van der Waals surface area contributed by atoms with Gasteiger partial charge in [0.25, 0.3) is 0 Å². The topological polar surface area (TPSA) is 64.2 Å². The number of para-hydroxylation sites is 2. The number of fused-ring (bicyclic) bond motifs is 1. The number of nitrogens with two attached hydrogens (primary N) is 1. The Morgan fingerprint density at radius 2 is 1.70 bits per heavy atom. The van der Waals surface area contributed by atoms with Gasteiger partial charge >= 0.3 is 0 Å². The van der Waals surface area contributed by atoms with E-state index in [2.05, 4.69) is 17.1 Å². The minimum absolute atomic E-state index is 0. The van der Waals surface area contributed by atoms with Crippen molar-refractivity contribution in [1.29, 1.82) is 0 Å². The van der Waals surface area contributed by atoms with E-state index in [1.165, 1.54) is 5.56 Å². The first-order valence-electron chi connectivity index (χ1n) is 8.69. The van der Waals surface area contributed by atoms with Crippen LogP contribution in [0.25, 0.3) is 11.0 Å². The first-order valence-corrected chi connectivity index (χ1v) is 8.69. The van der Waals surface area contributed by atoms with Gasteiger partial charge in [0.15, 0.2) is 0 Å². The van der Waals surface area contributed by atoms with Crippen LogP contribution in [0.5, 0.6) is 0 Å². The number of carbonyl (C=O) groups is 1. The van der Waals surface area contributed by atoms with E-state index >= 15 is 0 Å². The molecule has 0 atom stereocenters. The Balaban J connectivity index is 0.00000182. The third-order valence-corrected chi connectivity index (χ3v) is 4.36. The van der Waals surface area contributed by atoms with Crippen molar-refractivity contribution < 1.29 is 4.79 Å². The molecule has 0 saturated heterocycles. The Morgan fingerprint density at radius 1 is 1.00 bits per heavy atom. The summed E-state index contributed by atoms with van der Waals surface area (Å²) in [5.41, 5.74) is 8.94. The van der Waals surface area contributed by atoms with Gasteiger partial charge in [-0.1, -0.05) is 42.5 Å². The largest absolute Gasteiger partial charge is 0.341 e. The predicted molar refractivity (Wildman–Crippen MR) is 115 cm³/mol. The van der Waals surface area contributed by atoms with Crippen LogP contribution in [-0.2, 0) is 17.8 Å². The molecule has 0 fully saturated rings. The van der Waals surface area contributed by atoms with Crippen LogP contribution in [0.4, 0.5) is 0 Å². The molecule has 0 saturated carbocycles. The van der Waals surface area contributed by atoms with Crippen LogP contribution in [0.2, 0.25) is 0 Å². The van der Waals surface area contributed by atoms with Crippen molar-refractivity contribution in [3.05, 3.63) is 66.5 Å². The Morgan fingerprint density at radius 3 is 2.44 bits per heavy atom. The van der Waals surface area contributed by atoms with E-state index in [1.54, 1.807) is 6.33 Å². The number of carbonyl (C=O) groups excluding carboxylic acids is 1. The van der Waals surface area contributed by atoms with Crippen molar-refractivity contribution in [2.24, 2.45) is 5.73 Å². The molecule has 0 aliphatic heterocycles. The summed E-state index contributed by atoms with van der Waals surface area (Å²) in [6, 6.07) is 18.2. The fourth-order valence-corrected chi connectivity index (χ4v) is 2.99. The molecule has 0 spiro atoms. The van der Waals surface area contributed by atoms with Crippen LogP contribution in [-0.4, -0.2) is 40.0 Å². The van der Waals surface area contributed by atoms with Gasteiger partial charge in [-0.25, -0.2) is 4.98 Å². The van der Waals surface area contributed by atoms with Crippen molar-refractivity contribution in [2.45, 2.75) is 19.4 Å². The molecule has 7 heteroatoms. The van der Waals surface area contributed by atoms with Crippen LogP contribution in [0.15, 0.2) is 60.9 Å². The van der Waals surface area contributed by atoms with Crippen LogP contribution < -0.4 is 5.73 Å². The molecule has 0 radical (unpaired) electrons. The standard InChI is InChI=1S/C20H24N4O.2ClH/c21-12-15-23(13-10-17-6-2-1-3-7-17)20(25)11-14-24-16-22-18-8-4-5-9-19(18)24;;/h1-9,16H,10-15,21H2;2*1H. The van der Waals surface area contributed by atoms with E-state index in [9.17, 15) is 4.79 Å². The molecule has 1 aromatic heterocycles. The molecule has 2 aromatic carbocycles. The predicted octanol–water partition coefficient (Wildman–Crippen LogP) is 3.30. The van der Waals surface area contributed by atoms with E-state index < -0.39 is 0 Å². The zero-order valence-corrected chi connectivity index (χ0v) is 16.8. The number of halogens is 2. The highest BCUT2D eigenvalue weighted by molar-refractivity contribution is 5.85. The molecule has 1 amide bonds. The Kier molecular flexibility index (Phi) is 9.86. The molecule has 1 heterocycles. The second-order valence-corrected chi connectivity index (χ2v) is 6.08. The van der Waals surface area contributed by atoms with Gasteiger partial charge in [-0.05, 0) is 24.1 Å². The summed E-state index contributed by atoms with van der Waals surface area (Å²) in [7, 11) is 0. The minimum Gasteiger partial charge on any atom is -0.341 e. The van der Waals surface area contributed by atoms with E-state index in [0.717, 1.165) is 17.5 Å². The van der Waals surface area contributed by atoms with Crippen LogP contribution in [0.1, 0.15) is 12.0 Å². The number of rotatable bonds is 8. The molecular formula is C20H26Cl2N4O. The lowest BCUT2D eigenvalue weighted by atomic mass is 10.1. The lowest BCUT2D eigenvalue weighted by Gasteiger charge is -2.22. The lowest BCUT2D eigenvalue weighted by molar-refractivity contribution is -0.131. The third-order valence-electron chi connectivity index (χ3n) is 4.36. The SMILES string of the molecule is Cl.Cl.NCCN(CCc1ccccc1)C(=O)CCn1cnc2ccccc21. The fraction of sp³-hybridized carbons (Fsp3) is 0.300. The molecule has 0 aliphatic rings. The van der Waals surface area contributed by atoms with Gasteiger partial charge in [0.2, 0.25) is 5.91 Å². The van der Waals surface area contributed by atoms with Crippen molar-refractivity contribution in [2.75, 3.05) is 19.6 Å². The molecule has 3 aromatic rings. The van der Waals surface area contributed by atoms with Crippen LogP contribution in [0, 0.1) is 0 Å². The van der Waals surface area contributed by atoms with Gasteiger partial charge in [-0.3, -0.25) is 4.79 Å². The quantitative estimate of drug-likeness (QED) is 0.621. The Bertz CT molecular complexity index is 823. The first-order chi connectivity index (χ1) is 12.3.